The lowest BCUT2D eigenvalue weighted by atomic mass is 10.2. The van der Waals surface area contributed by atoms with E-state index in [0.717, 1.165) is 5.56 Å². The van der Waals surface area contributed by atoms with Crippen LogP contribution in [0.25, 0.3) is 0 Å². The molecule has 24 heavy (non-hydrogen) atoms. The third-order valence-corrected chi connectivity index (χ3v) is 3.68. The van der Waals surface area contributed by atoms with Crippen LogP contribution in [0.4, 0.5) is 5.82 Å². The van der Waals surface area contributed by atoms with Gasteiger partial charge in [0.15, 0.2) is 12.4 Å². The van der Waals surface area contributed by atoms with E-state index in [1.807, 2.05) is 42.5 Å². The number of benzene rings is 2. The molecule has 0 aliphatic carbocycles. The van der Waals surface area contributed by atoms with Crippen molar-refractivity contribution in [3.8, 4) is 5.75 Å². The second-order valence-corrected chi connectivity index (χ2v) is 5.55. The number of halogens is 1. The van der Waals surface area contributed by atoms with E-state index in [1.54, 1.807) is 29.1 Å². The molecule has 0 radical (unpaired) electrons. The molecule has 2 aromatic carbocycles. The fraction of sp³-hybridized carbons (Fsp3) is 0.111. The maximum absolute atomic E-state index is 11.9. The highest BCUT2D eigenvalue weighted by atomic mass is 35.5. The van der Waals surface area contributed by atoms with Crippen molar-refractivity contribution in [3.05, 3.63) is 77.4 Å². The third-order valence-electron chi connectivity index (χ3n) is 3.31. The summed E-state index contributed by atoms with van der Waals surface area (Å²) in [5.41, 5.74) is 0.965. The molecule has 0 spiro atoms. The van der Waals surface area contributed by atoms with Gasteiger partial charge in [-0.15, -0.1) is 0 Å². The van der Waals surface area contributed by atoms with Crippen LogP contribution in [0.15, 0.2) is 66.9 Å². The minimum Gasteiger partial charge on any atom is -0.484 e. The molecule has 0 aliphatic rings. The van der Waals surface area contributed by atoms with Crippen LogP contribution in [0.1, 0.15) is 5.56 Å². The lowest BCUT2D eigenvalue weighted by molar-refractivity contribution is -0.118. The Morgan fingerprint density at radius 2 is 1.83 bits per heavy atom. The average molecular weight is 342 g/mol. The van der Waals surface area contributed by atoms with E-state index in [2.05, 4.69) is 10.4 Å². The molecule has 0 aliphatic heterocycles. The van der Waals surface area contributed by atoms with E-state index >= 15 is 0 Å². The number of anilines is 1. The summed E-state index contributed by atoms with van der Waals surface area (Å²) in [6.45, 7) is 0.470. The molecule has 6 heteroatoms. The molecule has 1 N–H and O–H groups in total. The molecule has 3 rings (SSSR count). The Morgan fingerprint density at radius 3 is 2.62 bits per heavy atom. The van der Waals surface area contributed by atoms with Gasteiger partial charge in [0.1, 0.15) is 5.75 Å². The number of carbonyl (C=O) groups excluding carboxylic acids is 1. The minimum absolute atomic E-state index is 0.0681. The van der Waals surface area contributed by atoms with Crippen LogP contribution in [-0.2, 0) is 11.3 Å². The fourth-order valence-corrected chi connectivity index (χ4v) is 2.36. The van der Waals surface area contributed by atoms with E-state index in [1.165, 1.54) is 0 Å². The summed E-state index contributed by atoms with van der Waals surface area (Å²) in [7, 11) is 0. The van der Waals surface area contributed by atoms with Crippen LogP contribution < -0.4 is 10.1 Å². The SMILES string of the molecule is O=C(COc1ccccc1)Nc1ccn(Cc2ccccc2Cl)n1. The van der Waals surface area contributed by atoms with Crippen molar-refractivity contribution in [3.63, 3.8) is 0 Å². The first-order valence-corrected chi connectivity index (χ1v) is 7.83. The first-order chi connectivity index (χ1) is 11.7. The van der Waals surface area contributed by atoms with Gasteiger partial charge in [0.05, 0.1) is 6.54 Å². The van der Waals surface area contributed by atoms with Crippen molar-refractivity contribution in [1.29, 1.82) is 0 Å². The number of carbonyl (C=O) groups is 1. The summed E-state index contributed by atoms with van der Waals surface area (Å²) in [4.78, 5) is 11.9. The van der Waals surface area contributed by atoms with E-state index in [0.29, 0.717) is 23.1 Å². The van der Waals surface area contributed by atoms with Gasteiger partial charge < -0.3 is 10.1 Å². The van der Waals surface area contributed by atoms with Crippen molar-refractivity contribution < 1.29 is 9.53 Å². The molecule has 0 unspecified atom stereocenters. The largest absolute Gasteiger partial charge is 0.484 e. The van der Waals surface area contributed by atoms with E-state index < -0.39 is 0 Å². The zero-order valence-corrected chi connectivity index (χ0v) is 13.6. The van der Waals surface area contributed by atoms with Crippen molar-refractivity contribution in [2.75, 3.05) is 11.9 Å². The quantitative estimate of drug-likeness (QED) is 0.745. The predicted molar refractivity (Wildman–Crippen MR) is 93.3 cm³/mol. The van der Waals surface area contributed by atoms with Gasteiger partial charge in [-0.05, 0) is 23.8 Å². The fourth-order valence-electron chi connectivity index (χ4n) is 2.16. The van der Waals surface area contributed by atoms with Crippen molar-refractivity contribution in [1.82, 2.24) is 9.78 Å². The van der Waals surface area contributed by atoms with Crippen LogP contribution in [0.3, 0.4) is 0 Å². The molecule has 0 fully saturated rings. The number of hydrogen-bond acceptors (Lipinski definition) is 3. The average Bonchev–Trinajstić information content (AvgIpc) is 3.03. The smallest absolute Gasteiger partial charge is 0.263 e. The Bertz CT molecular complexity index is 818. The summed E-state index contributed by atoms with van der Waals surface area (Å²) in [5, 5.41) is 7.71. The van der Waals surface area contributed by atoms with Crippen LogP contribution >= 0.6 is 11.6 Å². The number of hydrogen-bond donors (Lipinski definition) is 1. The van der Waals surface area contributed by atoms with Gasteiger partial charge in [-0.2, -0.15) is 5.10 Å². The van der Waals surface area contributed by atoms with Crippen molar-refractivity contribution in [2.45, 2.75) is 6.54 Å². The first-order valence-electron chi connectivity index (χ1n) is 7.45. The molecule has 3 aromatic rings. The van der Waals surface area contributed by atoms with Gasteiger partial charge in [-0.3, -0.25) is 9.48 Å². The molecule has 5 nitrogen and oxygen atoms in total. The predicted octanol–water partition coefficient (Wildman–Crippen LogP) is 3.60. The molecule has 0 atom stereocenters. The lowest BCUT2D eigenvalue weighted by Crippen LogP contribution is -2.20. The number of aromatic nitrogens is 2. The molecule has 0 saturated carbocycles. The second-order valence-electron chi connectivity index (χ2n) is 5.14. The summed E-state index contributed by atoms with van der Waals surface area (Å²) in [6.07, 6.45) is 1.79. The third kappa shape index (κ3) is 4.36. The molecule has 1 amide bonds. The van der Waals surface area contributed by atoms with Crippen molar-refractivity contribution >= 4 is 23.3 Å². The minimum atomic E-state index is -0.262. The Labute approximate surface area is 144 Å². The number of para-hydroxylation sites is 1. The molecule has 122 valence electrons. The summed E-state index contributed by atoms with van der Waals surface area (Å²) in [5.74, 6) is 0.863. The molecule has 1 heterocycles. The van der Waals surface area contributed by atoms with E-state index in [4.69, 9.17) is 16.3 Å². The standard InChI is InChI=1S/C18H16ClN3O2/c19-16-9-5-4-6-14(16)12-22-11-10-17(21-22)20-18(23)13-24-15-7-2-1-3-8-15/h1-11H,12-13H2,(H,20,21,23). The van der Waals surface area contributed by atoms with Gasteiger partial charge in [0.25, 0.3) is 5.91 Å². The van der Waals surface area contributed by atoms with Gasteiger partial charge in [-0.25, -0.2) is 0 Å². The lowest BCUT2D eigenvalue weighted by Gasteiger charge is -2.06. The topological polar surface area (TPSA) is 56.1 Å². The summed E-state index contributed by atoms with van der Waals surface area (Å²) in [6, 6.07) is 18.5. The van der Waals surface area contributed by atoms with Gasteiger partial charge in [0.2, 0.25) is 0 Å². The zero-order valence-electron chi connectivity index (χ0n) is 12.9. The highest BCUT2D eigenvalue weighted by molar-refractivity contribution is 6.31. The first kappa shape index (κ1) is 16.1. The number of amides is 1. The maximum Gasteiger partial charge on any atom is 0.263 e. The monoisotopic (exact) mass is 341 g/mol. The molecule has 1 aromatic heterocycles. The molecule has 0 saturated heterocycles. The number of rotatable bonds is 6. The maximum atomic E-state index is 11.9. The Hall–Kier alpha value is -2.79. The van der Waals surface area contributed by atoms with E-state index in [9.17, 15) is 4.79 Å². The van der Waals surface area contributed by atoms with Crippen molar-refractivity contribution in [2.24, 2.45) is 0 Å². The molecular weight excluding hydrogens is 326 g/mol. The number of ether oxygens (including phenoxy) is 1. The highest BCUT2D eigenvalue weighted by Gasteiger charge is 2.07. The summed E-state index contributed by atoms with van der Waals surface area (Å²) < 4.78 is 7.11. The molecular formula is C18H16ClN3O2. The Balaban J connectivity index is 1.54. The normalized spacial score (nSPS) is 10.4. The van der Waals surface area contributed by atoms with E-state index in [-0.39, 0.29) is 12.5 Å². The van der Waals surface area contributed by atoms with Crippen LogP contribution in [0.5, 0.6) is 5.75 Å². The van der Waals surface area contributed by atoms with Gasteiger partial charge >= 0.3 is 0 Å². The summed E-state index contributed by atoms with van der Waals surface area (Å²) >= 11 is 6.14. The Morgan fingerprint density at radius 1 is 1.08 bits per heavy atom. The molecule has 0 bridgehead atoms. The van der Waals surface area contributed by atoms with Crippen LogP contribution in [-0.4, -0.2) is 22.3 Å². The number of nitrogens with zero attached hydrogens (tertiary/aromatic N) is 2. The van der Waals surface area contributed by atoms with Crippen LogP contribution in [0.2, 0.25) is 5.02 Å². The zero-order chi connectivity index (χ0) is 16.8. The number of nitrogens with one attached hydrogen (secondary N) is 1. The highest BCUT2D eigenvalue weighted by Crippen LogP contribution is 2.16. The second kappa shape index (κ2) is 7.66. The Kier molecular flexibility index (Phi) is 5.13. The van der Waals surface area contributed by atoms with Crippen LogP contribution in [0, 0.1) is 0 Å². The van der Waals surface area contributed by atoms with Gasteiger partial charge in [-0.1, -0.05) is 48.0 Å². The van der Waals surface area contributed by atoms with Gasteiger partial charge in [0, 0.05) is 17.3 Å².